The molecule has 4 aromatic rings. The fraction of sp³-hybridized carbons (Fsp3) is 0.261. The number of aromatic nitrogens is 4. The molecule has 0 fully saturated rings. The molecule has 30 heavy (non-hydrogen) atoms. The second kappa shape index (κ2) is 8.32. The SMILES string of the molecule is CCc1c(C(=O)NCCc2nc3cc(Cl)ccc3n2C)cnn1-c1ccc(C)cc1. The summed E-state index contributed by atoms with van der Waals surface area (Å²) in [4.78, 5) is 17.4. The second-order valence-electron chi connectivity index (χ2n) is 7.33. The van der Waals surface area contributed by atoms with Crippen LogP contribution in [0.4, 0.5) is 0 Å². The Balaban J connectivity index is 1.47. The molecule has 2 heterocycles. The average Bonchev–Trinajstić information content (AvgIpc) is 3.29. The summed E-state index contributed by atoms with van der Waals surface area (Å²) in [6, 6.07) is 13.8. The largest absolute Gasteiger partial charge is 0.351 e. The van der Waals surface area contributed by atoms with Gasteiger partial charge in [0.1, 0.15) is 5.82 Å². The number of imidazole rings is 1. The number of fused-ring (bicyclic) bond motifs is 1. The Kier molecular flexibility index (Phi) is 5.59. The molecule has 0 unspecified atom stereocenters. The standard InChI is InChI=1S/C23H24ClN5O/c1-4-20-18(14-26-29(20)17-8-5-15(2)6-9-17)23(30)25-12-11-22-27-19-13-16(24)7-10-21(19)28(22)3/h5-10,13-14H,4,11-12H2,1-3H3,(H,25,30). The molecule has 1 N–H and O–H groups in total. The van der Waals surface area contributed by atoms with Gasteiger partial charge in [0.25, 0.3) is 5.91 Å². The van der Waals surface area contributed by atoms with Gasteiger partial charge in [-0.1, -0.05) is 36.2 Å². The number of benzene rings is 2. The number of rotatable bonds is 6. The van der Waals surface area contributed by atoms with Gasteiger partial charge in [-0.3, -0.25) is 4.79 Å². The summed E-state index contributed by atoms with van der Waals surface area (Å²) in [6.07, 6.45) is 2.98. The van der Waals surface area contributed by atoms with Gasteiger partial charge in [-0.05, 0) is 43.7 Å². The molecule has 0 atom stereocenters. The van der Waals surface area contributed by atoms with Gasteiger partial charge < -0.3 is 9.88 Å². The van der Waals surface area contributed by atoms with Crippen LogP contribution in [0, 0.1) is 6.92 Å². The minimum atomic E-state index is -0.118. The van der Waals surface area contributed by atoms with Gasteiger partial charge in [0, 0.05) is 25.0 Å². The molecule has 0 saturated carbocycles. The van der Waals surface area contributed by atoms with Crippen molar-refractivity contribution in [1.82, 2.24) is 24.6 Å². The van der Waals surface area contributed by atoms with Crippen molar-refractivity contribution in [2.45, 2.75) is 26.7 Å². The normalized spacial score (nSPS) is 11.2. The third-order valence-electron chi connectivity index (χ3n) is 5.30. The highest BCUT2D eigenvalue weighted by Gasteiger charge is 2.17. The second-order valence-corrected chi connectivity index (χ2v) is 7.77. The molecule has 6 nitrogen and oxygen atoms in total. The Morgan fingerprint density at radius 3 is 2.67 bits per heavy atom. The molecule has 0 spiro atoms. The van der Waals surface area contributed by atoms with E-state index in [0.29, 0.717) is 30.0 Å². The maximum atomic E-state index is 12.8. The number of nitrogens with zero attached hydrogens (tertiary/aromatic N) is 4. The Morgan fingerprint density at radius 2 is 1.93 bits per heavy atom. The summed E-state index contributed by atoms with van der Waals surface area (Å²) in [5.74, 6) is 0.783. The quantitative estimate of drug-likeness (QED) is 0.506. The molecule has 0 radical (unpaired) electrons. The number of carbonyl (C=O) groups is 1. The van der Waals surface area contributed by atoms with E-state index in [4.69, 9.17) is 11.6 Å². The molecule has 0 aliphatic heterocycles. The van der Waals surface area contributed by atoms with Crippen molar-refractivity contribution in [1.29, 1.82) is 0 Å². The first kappa shape index (κ1) is 20.2. The zero-order valence-electron chi connectivity index (χ0n) is 17.3. The number of amides is 1. The Morgan fingerprint density at radius 1 is 1.17 bits per heavy atom. The third kappa shape index (κ3) is 3.83. The van der Waals surface area contributed by atoms with Crippen molar-refractivity contribution < 1.29 is 4.79 Å². The molecule has 4 rings (SSSR count). The third-order valence-corrected chi connectivity index (χ3v) is 5.53. The van der Waals surface area contributed by atoms with Gasteiger partial charge in [-0.2, -0.15) is 5.10 Å². The average molecular weight is 422 g/mol. The highest BCUT2D eigenvalue weighted by atomic mass is 35.5. The van der Waals surface area contributed by atoms with Crippen LogP contribution in [0.2, 0.25) is 5.02 Å². The predicted octanol–water partition coefficient (Wildman–Crippen LogP) is 4.26. The fourth-order valence-corrected chi connectivity index (χ4v) is 3.81. The van der Waals surface area contributed by atoms with Crippen molar-refractivity contribution in [3.8, 4) is 5.69 Å². The first-order valence-electron chi connectivity index (χ1n) is 10.0. The lowest BCUT2D eigenvalue weighted by Crippen LogP contribution is -2.27. The lowest BCUT2D eigenvalue weighted by Gasteiger charge is -2.09. The van der Waals surface area contributed by atoms with E-state index in [1.807, 2.05) is 72.6 Å². The van der Waals surface area contributed by atoms with Gasteiger partial charge in [-0.25, -0.2) is 9.67 Å². The summed E-state index contributed by atoms with van der Waals surface area (Å²) in [5.41, 5.74) is 5.52. The number of aryl methyl sites for hydroxylation is 2. The van der Waals surface area contributed by atoms with Gasteiger partial charge >= 0.3 is 0 Å². The van der Waals surface area contributed by atoms with E-state index in [1.54, 1.807) is 6.20 Å². The van der Waals surface area contributed by atoms with Gasteiger partial charge in [0.15, 0.2) is 0 Å². The maximum absolute atomic E-state index is 12.8. The smallest absolute Gasteiger partial charge is 0.254 e. The van der Waals surface area contributed by atoms with Crippen molar-refractivity contribution in [2.75, 3.05) is 6.54 Å². The van der Waals surface area contributed by atoms with E-state index in [1.165, 1.54) is 5.56 Å². The van der Waals surface area contributed by atoms with Crippen LogP contribution in [-0.2, 0) is 19.9 Å². The van der Waals surface area contributed by atoms with Crippen LogP contribution in [-0.4, -0.2) is 31.8 Å². The molecular formula is C23H24ClN5O. The Bertz CT molecular complexity index is 1210. The van der Waals surface area contributed by atoms with Gasteiger partial charge in [0.2, 0.25) is 0 Å². The summed E-state index contributed by atoms with van der Waals surface area (Å²) in [5, 5.41) is 8.12. The van der Waals surface area contributed by atoms with Crippen LogP contribution in [0.25, 0.3) is 16.7 Å². The van der Waals surface area contributed by atoms with Crippen molar-refractivity contribution >= 4 is 28.5 Å². The van der Waals surface area contributed by atoms with Crippen molar-refractivity contribution in [3.63, 3.8) is 0 Å². The highest BCUT2D eigenvalue weighted by Crippen LogP contribution is 2.20. The summed E-state index contributed by atoms with van der Waals surface area (Å²) >= 11 is 6.06. The minimum Gasteiger partial charge on any atom is -0.351 e. The molecule has 0 bridgehead atoms. The van der Waals surface area contributed by atoms with E-state index in [-0.39, 0.29) is 5.91 Å². The van der Waals surface area contributed by atoms with Crippen LogP contribution in [0.15, 0.2) is 48.7 Å². The Hall–Kier alpha value is -3.12. The summed E-state index contributed by atoms with van der Waals surface area (Å²) in [6.45, 7) is 4.57. The minimum absolute atomic E-state index is 0.118. The lowest BCUT2D eigenvalue weighted by atomic mass is 10.1. The zero-order valence-corrected chi connectivity index (χ0v) is 18.1. The molecular weight excluding hydrogens is 398 g/mol. The monoisotopic (exact) mass is 421 g/mol. The molecule has 1 amide bonds. The van der Waals surface area contributed by atoms with Crippen LogP contribution >= 0.6 is 11.6 Å². The predicted molar refractivity (Wildman–Crippen MR) is 119 cm³/mol. The van der Waals surface area contributed by atoms with Crippen LogP contribution in [0.1, 0.15) is 34.4 Å². The number of carbonyl (C=O) groups excluding carboxylic acids is 1. The van der Waals surface area contributed by atoms with Crippen LogP contribution in [0.5, 0.6) is 0 Å². The van der Waals surface area contributed by atoms with Crippen LogP contribution < -0.4 is 5.32 Å². The molecule has 2 aromatic heterocycles. The summed E-state index contributed by atoms with van der Waals surface area (Å²) in [7, 11) is 1.97. The topological polar surface area (TPSA) is 64.7 Å². The maximum Gasteiger partial charge on any atom is 0.254 e. The van der Waals surface area contributed by atoms with Crippen molar-refractivity contribution in [2.24, 2.45) is 7.05 Å². The lowest BCUT2D eigenvalue weighted by molar-refractivity contribution is 0.0953. The molecule has 7 heteroatoms. The number of hydrogen-bond donors (Lipinski definition) is 1. The molecule has 0 aliphatic rings. The number of halogens is 1. The molecule has 0 aliphatic carbocycles. The van der Waals surface area contributed by atoms with Gasteiger partial charge in [-0.15, -0.1) is 0 Å². The number of nitrogens with one attached hydrogen (secondary N) is 1. The first-order valence-corrected chi connectivity index (χ1v) is 10.4. The van der Waals surface area contributed by atoms with Gasteiger partial charge in [0.05, 0.1) is 34.2 Å². The van der Waals surface area contributed by atoms with E-state index in [2.05, 4.69) is 15.4 Å². The van der Waals surface area contributed by atoms with E-state index >= 15 is 0 Å². The highest BCUT2D eigenvalue weighted by molar-refractivity contribution is 6.31. The van der Waals surface area contributed by atoms with Crippen LogP contribution in [0.3, 0.4) is 0 Å². The Labute approximate surface area is 180 Å². The van der Waals surface area contributed by atoms with E-state index in [0.717, 1.165) is 28.2 Å². The number of hydrogen-bond acceptors (Lipinski definition) is 3. The molecule has 2 aromatic carbocycles. The first-order chi connectivity index (χ1) is 14.5. The summed E-state index contributed by atoms with van der Waals surface area (Å²) < 4.78 is 3.87. The molecule has 154 valence electrons. The fourth-order valence-electron chi connectivity index (χ4n) is 3.64. The molecule has 0 saturated heterocycles. The van der Waals surface area contributed by atoms with E-state index < -0.39 is 0 Å². The van der Waals surface area contributed by atoms with E-state index in [9.17, 15) is 4.79 Å². The van der Waals surface area contributed by atoms with Crippen molar-refractivity contribution in [3.05, 3.63) is 76.3 Å². The zero-order chi connectivity index (χ0) is 21.3.